The number of piperazine rings is 1. The number of aromatic nitrogens is 4. The van der Waals surface area contributed by atoms with Crippen molar-refractivity contribution in [1.82, 2.24) is 24.9 Å². The van der Waals surface area contributed by atoms with E-state index < -0.39 is 8.60 Å². The number of anilines is 2. The molecule has 0 atom stereocenters. The van der Waals surface area contributed by atoms with Crippen LogP contribution in [0.4, 0.5) is 11.5 Å². The van der Waals surface area contributed by atoms with E-state index in [9.17, 15) is 4.79 Å². The molecule has 0 radical (unpaired) electrons. The maximum atomic E-state index is 13.1. The van der Waals surface area contributed by atoms with Gasteiger partial charge in [0.2, 0.25) is 5.91 Å². The maximum absolute atomic E-state index is 13.1. The fraction of sp³-hybridized carbons (Fsp3) is 0.440. The first-order valence-electron chi connectivity index (χ1n) is 12.6. The van der Waals surface area contributed by atoms with E-state index >= 15 is 0 Å². The molecule has 5 rings (SSSR count). The van der Waals surface area contributed by atoms with Crippen LogP contribution in [0.2, 0.25) is 0 Å². The van der Waals surface area contributed by atoms with Gasteiger partial charge in [0.05, 0.1) is 30.3 Å². The first-order valence-corrected chi connectivity index (χ1v) is 13.8. The van der Waals surface area contributed by atoms with E-state index in [-0.39, 0.29) is 18.5 Å². The van der Waals surface area contributed by atoms with Crippen LogP contribution in [-0.2, 0) is 9.32 Å². The molecule has 38 heavy (non-hydrogen) atoms. The number of amides is 1. The molecule has 3 heterocycles. The van der Waals surface area contributed by atoms with Crippen molar-refractivity contribution >= 4 is 26.0 Å². The summed E-state index contributed by atoms with van der Waals surface area (Å²) in [6.07, 6.45) is 8.21. The van der Waals surface area contributed by atoms with E-state index in [0.29, 0.717) is 47.5 Å². The second-order valence-corrected chi connectivity index (χ2v) is 10.5. The molecule has 2 aliphatic rings. The smallest absolute Gasteiger partial charge is 0.330 e. The molecule has 12 nitrogen and oxygen atoms in total. The quantitative estimate of drug-likeness (QED) is 0.287. The standard InChI is InChI=1S/C25H32N7O5P/c1-17-6-8-18(9-7-17)30-10-11-31(24(33)15-30)19-13-27-32(14-19)22-12-21(28-29-25(22)26)20-4-2-3-5-23(20)36-16-37-38(34)35/h2-5,12-14,17-18,34-35H,6-11,15-16H2,1H3,(H2,26,29). The lowest BCUT2D eigenvalue weighted by molar-refractivity contribution is -0.122. The van der Waals surface area contributed by atoms with Gasteiger partial charge in [-0.15, -0.1) is 10.2 Å². The van der Waals surface area contributed by atoms with Crippen LogP contribution in [0.15, 0.2) is 42.7 Å². The van der Waals surface area contributed by atoms with Gasteiger partial charge in [-0.25, -0.2) is 4.68 Å². The minimum Gasteiger partial charge on any atom is -0.466 e. The molecule has 0 unspecified atom stereocenters. The molecule has 13 heteroatoms. The van der Waals surface area contributed by atoms with Crippen LogP contribution in [0.5, 0.6) is 5.75 Å². The number of nitrogen functional groups attached to an aromatic ring is 1. The average molecular weight is 542 g/mol. The van der Waals surface area contributed by atoms with Crippen LogP contribution >= 0.6 is 8.60 Å². The molecule has 0 bridgehead atoms. The predicted octanol–water partition coefficient (Wildman–Crippen LogP) is 2.70. The summed E-state index contributed by atoms with van der Waals surface area (Å²) in [5.41, 5.74) is 8.45. The van der Waals surface area contributed by atoms with E-state index in [4.69, 9.17) is 24.8 Å². The molecule has 1 aromatic carbocycles. The monoisotopic (exact) mass is 541 g/mol. The number of para-hydroxylation sites is 1. The molecule has 1 aliphatic heterocycles. The highest BCUT2D eigenvalue weighted by Gasteiger charge is 2.32. The van der Waals surface area contributed by atoms with Crippen molar-refractivity contribution in [2.24, 2.45) is 5.92 Å². The lowest BCUT2D eigenvalue weighted by Crippen LogP contribution is -2.54. The molecule has 4 N–H and O–H groups in total. The number of benzene rings is 1. The number of nitrogens with zero attached hydrogens (tertiary/aromatic N) is 6. The average Bonchev–Trinajstić information content (AvgIpc) is 3.39. The zero-order chi connectivity index (χ0) is 26.6. The number of hydrogen-bond acceptors (Lipinski definition) is 10. The molecule has 3 aromatic rings. The Morgan fingerprint density at radius 3 is 2.68 bits per heavy atom. The van der Waals surface area contributed by atoms with Crippen molar-refractivity contribution in [3.05, 3.63) is 42.7 Å². The molecule has 1 saturated carbocycles. The van der Waals surface area contributed by atoms with Crippen molar-refractivity contribution in [2.75, 3.05) is 37.1 Å². The lowest BCUT2D eigenvalue weighted by Gasteiger charge is -2.40. The van der Waals surface area contributed by atoms with Gasteiger partial charge < -0.3 is 25.2 Å². The summed E-state index contributed by atoms with van der Waals surface area (Å²) >= 11 is 0. The molecule has 1 aliphatic carbocycles. The highest BCUT2D eigenvalue weighted by Crippen LogP contribution is 2.32. The molecule has 202 valence electrons. The van der Waals surface area contributed by atoms with Gasteiger partial charge in [0.1, 0.15) is 11.4 Å². The molecule has 1 amide bonds. The summed E-state index contributed by atoms with van der Waals surface area (Å²) < 4.78 is 11.8. The predicted molar refractivity (Wildman–Crippen MR) is 142 cm³/mol. The minimum atomic E-state index is -2.53. The summed E-state index contributed by atoms with van der Waals surface area (Å²) in [5.74, 6) is 1.45. The van der Waals surface area contributed by atoms with Gasteiger partial charge in [0.25, 0.3) is 0 Å². The van der Waals surface area contributed by atoms with Gasteiger partial charge in [-0.2, -0.15) is 5.10 Å². The fourth-order valence-corrected chi connectivity index (χ4v) is 5.26. The summed E-state index contributed by atoms with van der Waals surface area (Å²) in [5, 5.41) is 12.8. The first kappa shape index (κ1) is 26.5. The number of carbonyl (C=O) groups is 1. The molecule has 1 saturated heterocycles. The van der Waals surface area contributed by atoms with Crippen LogP contribution in [0.1, 0.15) is 32.6 Å². The van der Waals surface area contributed by atoms with Crippen molar-refractivity contribution in [3.63, 3.8) is 0 Å². The Kier molecular flexibility index (Phi) is 8.15. The van der Waals surface area contributed by atoms with Crippen molar-refractivity contribution in [1.29, 1.82) is 0 Å². The van der Waals surface area contributed by atoms with Gasteiger partial charge in [-0.3, -0.25) is 14.2 Å². The summed E-state index contributed by atoms with van der Waals surface area (Å²) in [7, 11) is -2.53. The SMILES string of the molecule is CC1CCC(N2CCN(c3cnn(-c4cc(-c5ccccc5OCOP(O)O)nnc4N)c3)C(=O)C2)CC1. The van der Waals surface area contributed by atoms with Gasteiger partial charge in [-0.1, -0.05) is 19.1 Å². The minimum absolute atomic E-state index is 0.0682. The Hall–Kier alpha value is -3.15. The summed E-state index contributed by atoms with van der Waals surface area (Å²) in [6.45, 7) is 3.84. The van der Waals surface area contributed by atoms with E-state index in [1.165, 1.54) is 12.8 Å². The Labute approximate surface area is 222 Å². The van der Waals surface area contributed by atoms with Gasteiger partial charge >= 0.3 is 8.60 Å². The van der Waals surface area contributed by atoms with Crippen LogP contribution in [0.25, 0.3) is 16.9 Å². The Balaban J connectivity index is 1.31. The molecule has 0 spiro atoms. The third-order valence-electron chi connectivity index (χ3n) is 7.23. The number of ether oxygens (including phenoxy) is 1. The highest BCUT2D eigenvalue weighted by atomic mass is 31.2. The largest absolute Gasteiger partial charge is 0.466 e. The molecule has 2 fully saturated rings. The van der Waals surface area contributed by atoms with Gasteiger partial charge in [-0.05, 0) is 49.8 Å². The normalized spacial score (nSPS) is 20.7. The third kappa shape index (κ3) is 5.95. The second kappa shape index (κ2) is 11.7. The summed E-state index contributed by atoms with van der Waals surface area (Å²) in [4.78, 5) is 35.1. The second-order valence-electron chi connectivity index (χ2n) is 9.71. The van der Waals surface area contributed by atoms with Crippen LogP contribution in [0, 0.1) is 5.92 Å². The number of nitrogens with two attached hydrogens (primary N) is 1. The van der Waals surface area contributed by atoms with Gasteiger partial charge in [0, 0.05) is 24.7 Å². The molecular formula is C25H32N7O5P. The zero-order valence-electron chi connectivity index (χ0n) is 21.2. The number of rotatable bonds is 8. The molecular weight excluding hydrogens is 509 g/mol. The van der Waals surface area contributed by atoms with Crippen molar-refractivity contribution in [3.8, 4) is 22.7 Å². The summed E-state index contributed by atoms with van der Waals surface area (Å²) in [6, 6.07) is 9.32. The lowest BCUT2D eigenvalue weighted by atomic mass is 9.86. The van der Waals surface area contributed by atoms with Gasteiger partial charge in [0.15, 0.2) is 12.6 Å². The number of carbonyl (C=O) groups excluding carboxylic acids is 1. The van der Waals surface area contributed by atoms with Crippen LogP contribution < -0.4 is 15.4 Å². The van der Waals surface area contributed by atoms with Crippen molar-refractivity contribution in [2.45, 2.75) is 38.6 Å². The number of hydrogen-bond donors (Lipinski definition) is 3. The van der Waals surface area contributed by atoms with Crippen LogP contribution in [0.3, 0.4) is 0 Å². The van der Waals surface area contributed by atoms with E-state index in [1.807, 2.05) is 6.07 Å². The Morgan fingerprint density at radius 2 is 1.92 bits per heavy atom. The Morgan fingerprint density at radius 1 is 1.13 bits per heavy atom. The third-order valence-corrected chi connectivity index (χ3v) is 7.56. The maximum Gasteiger partial charge on any atom is 0.330 e. The van der Waals surface area contributed by atoms with Crippen LogP contribution in [-0.4, -0.2) is 73.0 Å². The first-order chi connectivity index (χ1) is 18.4. The topological polar surface area (TPSA) is 152 Å². The fourth-order valence-electron chi connectivity index (χ4n) is 5.12. The van der Waals surface area contributed by atoms with E-state index in [0.717, 1.165) is 25.3 Å². The van der Waals surface area contributed by atoms with E-state index in [1.54, 1.807) is 46.2 Å². The zero-order valence-corrected chi connectivity index (χ0v) is 22.1. The highest BCUT2D eigenvalue weighted by molar-refractivity contribution is 7.39. The van der Waals surface area contributed by atoms with Crippen molar-refractivity contribution < 1.29 is 23.8 Å². The Bertz CT molecular complexity index is 1260. The van der Waals surface area contributed by atoms with E-state index in [2.05, 4.69) is 27.1 Å². The molecule has 2 aromatic heterocycles.